The molecule has 0 atom stereocenters. The maximum Gasteiger partial charge on any atom is 0.265 e. The van der Waals surface area contributed by atoms with Gasteiger partial charge in [0.05, 0.1) is 29.0 Å². The Kier molecular flexibility index (Phi) is 7.39. The van der Waals surface area contributed by atoms with Crippen LogP contribution in [-0.4, -0.2) is 74.8 Å². The van der Waals surface area contributed by atoms with Crippen LogP contribution in [0.1, 0.15) is 15.9 Å². The molecule has 194 valence electrons. The van der Waals surface area contributed by atoms with E-state index >= 15 is 0 Å². The number of hydrogen-bond acceptors (Lipinski definition) is 8. The van der Waals surface area contributed by atoms with Gasteiger partial charge in [-0.15, -0.1) is 0 Å². The van der Waals surface area contributed by atoms with Crippen molar-refractivity contribution in [2.45, 2.75) is 6.61 Å². The lowest BCUT2D eigenvalue weighted by molar-refractivity contribution is 0.0982. The van der Waals surface area contributed by atoms with Crippen molar-refractivity contribution in [3.05, 3.63) is 63.8 Å². The molecule has 2 aliphatic heterocycles. The number of halogens is 2. The summed E-state index contributed by atoms with van der Waals surface area (Å²) in [7, 11) is 5.71. The van der Waals surface area contributed by atoms with Gasteiger partial charge in [0.15, 0.2) is 0 Å². The molecule has 3 heterocycles. The summed E-state index contributed by atoms with van der Waals surface area (Å²) in [5, 5.41) is 4.10. The van der Waals surface area contributed by atoms with Gasteiger partial charge >= 0.3 is 0 Å². The number of likely N-dealkylation sites (N-methyl/N-ethyl adjacent to an activating group) is 1. The average molecular weight is 542 g/mol. The van der Waals surface area contributed by atoms with Crippen molar-refractivity contribution in [1.82, 2.24) is 14.9 Å². The smallest absolute Gasteiger partial charge is 0.265 e. The lowest BCUT2D eigenvalue weighted by atomic mass is 10.1. The molecule has 1 fully saturated rings. The van der Waals surface area contributed by atoms with E-state index in [1.54, 1.807) is 25.3 Å². The van der Waals surface area contributed by atoms with Crippen molar-refractivity contribution >= 4 is 57.9 Å². The number of methoxy groups -OCH3 is 1. The summed E-state index contributed by atoms with van der Waals surface area (Å²) in [6.07, 6.45) is 1.54. The van der Waals surface area contributed by atoms with E-state index in [1.165, 1.54) is 16.8 Å². The monoisotopic (exact) mass is 541 g/mol. The Hall–Kier alpha value is -3.11. The molecular weight excluding hydrogens is 513 g/mol. The number of fused-ring (bicyclic) bond motifs is 1. The molecule has 1 amide bonds. The highest BCUT2D eigenvalue weighted by Crippen LogP contribution is 2.37. The number of para-hydroxylation sites is 1. The quantitative estimate of drug-likeness (QED) is 0.489. The van der Waals surface area contributed by atoms with E-state index in [9.17, 15) is 4.79 Å². The van der Waals surface area contributed by atoms with Gasteiger partial charge in [-0.1, -0.05) is 29.3 Å². The molecule has 0 saturated carbocycles. The zero-order chi connectivity index (χ0) is 26.1. The number of carbonyl (C=O) groups excluding carboxylic acids is 1. The SMILES string of the molecule is COCc1cc(Nc2ncc3c(n2)N(C)CN(c2c(Cl)cccc2Cl)C3=O)ccc1N1CCN(C)CC1. The fraction of sp³-hybridized carbons (Fsp3) is 0.346. The third kappa shape index (κ3) is 5.17. The topological polar surface area (TPSA) is 77.1 Å². The Morgan fingerprint density at radius 2 is 1.78 bits per heavy atom. The van der Waals surface area contributed by atoms with Gasteiger partial charge in [0.2, 0.25) is 5.95 Å². The van der Waals surface area contributed by atoms with E-state index in [1.807, 2.05) is 18.0 Å². The molecular formula is C26H29Cl2N7O2. The first-order valence-electron chi connectivity index (χ1n) is 12.0. The third-order valence-electron chi connectivity index (χ3n) is 6.65. The van der Waals surface area contributed by atoms with E-state index < -0.39 is 0 Å². The molecule has 2 aromatic carbocycles. The molecule has 2 aliphatic rings. The first kappa shape index (κ1) is 25.5. The van der Waals surface area contributed by atoms with Gasteiger partial charge in [-0.2, -0.15) is 4.98 Å². The molecule has 1 aromatic heterocycles. The highest BCUT2D eigenvalue weighted by atomic mass is 35.5. The van der Waals surface area contributed by atoms with Crippen molar-refractivity contribution in [3.63, 3.8) is 0 Å². The second-order valence-corrected chi connectivity index (χ2v) is 10.1. The third-order valence-corrected chi connectivity index (χ3v) is 7.26. The summed E-state index contributed by atoms with van der Waals surface area (Å²) in [4.78, 5) is 30.5. The predicted molar refractivity (Wildman–Crippen MR) is 149 cm³/mol. The first-order valence-corrected chi connectivity index (χ1v) is 12.8. The van der Waals surface area contributed by atoms with Gasteiger partial charge in [0.25, 0.3) is 5.91 Å². The molecule has 5 rings (SSSR count). The van der Waals surface area contributed by atoms with Crippen LogP contribution in [0.15, 0.2) is 42.6 Å². The van der Waals surface area contributed by atoms with Gasteiger partial charge in [-0.05, 0) is 37.4 Å². The van der Waals surface area contributed by atoms with E-state index in [-0.39, 0.29) is 12.6 Å². The minimum absolute atomic E-state index is 0.253. The van der Waals surface area contributed by atoms with Crippen molar-refractivity contribution in [2.24, 2.45) is 0 Å². The van der Waals surface area contributed by atoms with Crippen molar-refractivity contribution in [3.8, 4) is 0 Å². The molecule has 0 radical (unpaired) electrons. The number of amides is 1. The van der Waals surface area contributed by atoms with Crippen molar-refractivity contribution in [2.75, 3.05) is 74.1 Å². The van der Waals surface area contributed by atoms with Gasteiger partial charge in [-0.25, -0.2) is 4.98 Å². The van der Waals surface area contributed by atoms with Gasteiger partial charge in [0.1, 0.15) is 11.4 Å². The fourth-order valence-electron chi connectivity index (χ4n) is 4.70. The Labute approximate surface area is 226 Å². The molecule has 9 nitrogen and oxygen atoms in total. The zero-order valence-electron chi connectivity index (χ0n) is 21.0. The van der Waals surface area contributed by atoms with E-state index in [4.69, 9.17) is 27.9 Å². The summed E-state index contributed by atoms with van der Waals surface area (Å²) in [6, 6.07) is 11.4. The Morgan fingerprint density at radius 1 is 1.05 bits per heavy atom. The predicted octanol–water partition coefficient (Wildman–Crippen LogP) is 4.48. The highest BCUT2D eigenvalue weighted by Gasteiger charge is 2.32. The van der Waals surface area contributed by atoms with Crippen LogP contribution in [0.25, 0.3) is 0 Å². The Balaban J connectivity index is 1.39. The van der Waals surface area contributed by atoms with Gasteiger partial charge in [-0.3, -0.25) is 9.69 Å². The van der Waals surface area contributed by atoms with E-state index in [2.05, 4.69) is 44.3 Å². The summed E-state index contributed by atoms with van der Waals surface area (Å²) < 4.78 is 5.49. The summed E-state index contributed by atoms with van der Waals surface area (Å²) in [5.74, 6) is 0.681. The molecule has 0 aliphatic carbocycles. The van der Waals surface area contributed by atoms with Crippen LogP contribution in [-0.2, 0) is 11.3 Å². The van der Waals surface area contributed by atoms with Crippen LogP contribution in [0, 0.1) is 0 Å². The number of anilines is 5. The first-order chi connectivity index (χ1) is 17.9. The van der Waals surface area contributed by atoms with Crippen LogP contribution >= 0.6 is 23.2 Å². The number of nitrogens with zero attached hydrogens (tertiary/aromatic N) is 6. The minimum Gasteiger partial charge on any atom is -0.380 e. The second kappa shape index (κ2) is 10.7. The molecule has 0 unspecified atom stereocenters. The number of benzene rings is 2. The molecule has 11 heteroatoms. The van der Waals surface area contributed by atoms with Crippen LogP contribution in [0.5, 0.6) is 0 Å². The van der Waals surface area contributed by atoms with Crippen molar-refractivity contribution < 1.29 is 9.53 Å². The highest BCUT2D eigenvalue weighted by molar-refractivity contribution is 6.40. The normalized spacial score (nSPS) is 16.2. The Bertz CT molecular complexity index is 1290. The standard InChI is InChI=1S/C26H29Cl2N7O2/c1-32-9-11-34(12-10-32)22-8-7-18(13-17(22)15-37-3)30-26-29-14-19-24(31-26)33(2)16-35(25(19)36)23-20(27)5-4-6-21(23)28/h4-8,13-14H,9-12,15-16H2,1-3H3,(H,29,30,31). The van der Waals surface area contributed by atoms with E-state index in [0.717, 1.165) is 37.4 Å². The largest absolute Gasteiger partial charge is 0.380 e. The van der Waals surface area contributed by atoms with Gasteiger partial charge in [0, 0.05) is 63.5 Å². The number of ether oxygens (including phenoxy) is 1. The zero-order valence-corrected chi connectivity index (χ0v) is 22.6. The van der Waals surface area contributed by atoms with Crippen molar-refractivity contribution in [1.29, 1.82) is 0 Å². The molecule has 0 bridgehead atoms. The molecule has 1 saturated heterocycles. The summed E-state index contributed by atoms with van der Waals surface area (Å²) in [5.41, 5.74) is 3.96. The number of rotatable bonds is 6. The molecule has 37 heavy (non-hydrogen) atoms. The van der Waals surface area contributed by atoms with Crippen LogP contribution < -0.4 is 20.0 Å². The number of aromatic nitrogens is 2. The Morgan fingerprint density at radius 3 is 2.49 bits per heavy atom. The molecule has 1 N–H and O–H groups in total. The average Bonchev–Trinajstić information content (AvgIpc) is 2.88. The summed E-state index contributed by atoms with van der Waals surface area (Å²) >= 11 is 12.7. The lowest BCUT2D eigenvalue weighted by Crippen LogP contribution is -2.46. The number of hydrogen-bond donors (Lipinski definition) is 1. The number of carbonyl (C=O) groups is 1. The van der Waals surface area contributed by atoms with Crippen LogP contribution in [0.4, 0.5) is 28.8 Å². The molecule has 0 spiro atoms. The lowest BCUT2D eigenvalue weighted by Gasteiger charge is -2.35. The summed E-state index contributed by atoms with van der Waals surface area (Å²) in [6.45, 7) is 4.77. The number of nitrogens with one attached hydrogen (secondary N) is 1. The minimum atomic E-state index is -0.256. The van der Waals surface area contributed by atoms with Crippen LogP contribution in [0.2, 0.25) is 10.0 Å². The van der Waals surface area contributed by atoms with Crippen LogP contribution in [0.3, 0.4) is 0 Å². The number of piperazine rings is 1. The molecule has 3 aromatic rings. The van der Waals surface area contributed by atoms with Gasteiger partial charge < -0.3 is 24.8 Å². The van der Waals surface area contributed by atoms with E-state index in [0.29, 0.717) is 39.7 Å². The maximum absolute atomic E-state index is 13.3. The maximum atomic E-state index is 13.3. The second-order valence-electron chi connectivity index (χ2n) is 9.27. The fourth-order valence-corrected chi connectivity index (χ4v) is 5.30.